The largest absolute Gasteiger partial charge is 0.462 e. The SMILES string of the molecule is CC/C=C\C/C=C\C/C=C\C/C=C\CCC(=O)OC(COC(=O)CCCCCCC)COC(=O)CCCCCCCCCCCCC/C=C\CCCCCCCCCC. The van der Waals surface area contributed by atoms with Crippen molar-refractivity contribution in [3.63, 3.8) is 0 Å². The first-order valence-electron chi connectivity index (χ1n) is 24.8. The second-order valence-corrected chi connectivity index (χ2v) is 16.3. The lowest BCUT2D eigenvalue weighted by molar-refractivity contribution is -0.166. The smallest absolute Gasteiger partial charge is 0.306 e. The topological polar surface area (TPSA) is 78.9 Å². The highest BCUT2D eigenvalue weighted by atomic mass is 16.6. The molecule has 0 fully saturated rings. The molecule has 59 heavy (non-hydrogen) atoms. The van der Waals surface area contributed by atoms with Crippen LogP contribution in [0.3, 0.4) is 0 Å². The highest BCUT2D eigenvalue weighted by Gasteiger charge is 2.19. The summed E-state index contributed by atoms with van der Waals surface area (Å²) in [5, 5.41) is 0. The van der Waals surface area contributed by atoms with Gasteiger partial charge in [0, 0.05) is 19.3 Å². The summed E-state index contributed by atoms with van der Waals surface area (Å²) in [5.41, 5.74) is 0. The average Bonchev–Trinajstić information content (AvgIpc) is 3.23. The van der Waals surface area contributed by atoms with Gasteiger partial charge in [-0.25, -0.2) is 0 Å². The fraction of sp³-hybridized carbons (Fsp3) is 0.755. The summed E-state index contributed by atoms with van der Waals surface area (Å²) in [4.78, 5) is 37.5. The van der Waals surface area contributed by atoms with Gasteiger partial charge < -0.3 is 14.2 Å². The molecule has 0 saturated carbocycles. The number of esters is 3. The van der Waals surface area contributed by atoms with E-state index in [1.165, 1.54) is 116 Å². The number of carbonyl (C=O) groups is 3. The number of ether oxygens (including phenoxy) is 3. The van der Waals surface area contributed by atoms with Crippen LogP contribution >= 0.6 is 0 Å². The molecule has 0 aromatic heterocycles. The standard InChI is InChI=1S/C53H92O6/c1-4-7-10-13-15-17-19-21-22-23-24-25-26-27-28-29-30-32-33-35-37-40-43-46-52(55)58-49-50(48-57-51(54)45-42-39-12-9-6-3)59-53(56)47-44-41-38-36-34-31-20-18-16-14-11-8-5-2/h8,11,16,18,23-24,31,34,38,41,50H,4-7,9-10,12-15,17,19-22,25-30,32-33,35-37,39-40,42-49H2,1-3H3/b11-8-,18-16-,24-23-,34-31-,41-38-. The molecule has 1 atom stereocenters. The second kappa shape index (κ2) is 47.8. The highest BCUT2D eigenvalue weighted by Crippen LogP contribution is 2.15. The lowest BCUT2D eigenvalue weighted by atomic mass is 10.0. The summed E-state index contributed by atoms with van der Waals surface area (Å²) in [6.45, 7) is 6.37. The number of unbranched alkanes of at least 4 members (excludes halogenated alkanes) is 23. The zero-order chi connectivity index (χ0) is 43.0. The van der Waals surface area contributed by atoms with Crippen LogP contribution in [-0.4, -0.2) is 37.2 Å². The molecule has 0 bridgehead atoms. The van der Waals surface area contributed by atoms with Gasteiger partial charge in [-0.05, 0) is 70.6 Å². The Morgan fingerprint density at radius 3 is 1.10 bits per heavy atom. The molecule has 6 heteroatoms. The van der Waals surface area contributed by atoms with Crippen LogP contribution in [0.25, 0.3) is 0 Å². The van der Waals surface area contributed by atoms with E-state index < -0.39 is 12.1 Å². The first-order valence-corrected chi connectivity index (χ1v) is 24.8. The van der Waals surface area contributed by atoms with Crippen LogP contribution in [-0.2, 0) is 28.6 Å². The molecule has 0 N–H and O–H groups in total. The number of carbonyl (C=O) groups excluding carboxylic acids is 3. The van der Waals surface area contributed by atoms with Crippen molar-refractivity contribution in [3.05, 3.63) is 60.8 Å². The Kier molecular flexibility index (Phi) is 45.4. The molecular formula is C53H92O6. The Hall–Kier alpha value is -2.89. The van der Waals surface area contributed by atoms with Crippen molar-refractivity contribution in [3.8, 4) is 0 Å². The fourth-order valence-corrected chi connectivity index (χ4v) is 6.80. The molecule has 0 aliphatic heterocycles. The van der Waals surface area contributed by atoms with Crippen LogP contribution in [0.4, 0.5) is 0 Å². The van der Waals surface area contributed by atoms with E-state index in [4.69, 9.17) is 14.2 Å². The summed E-state index contributed by atoms with van der Waals surface area (Å²) in [6.07, 6.45) is 58.4. The lowest BCUT2D eigenvalue weighted by Crippen LogP contribution is -2.30. The summed E-state index contributed by atoms with van der Waals surface area (Å²) in [5.74, 6) is -1.00. The third kappa shape index (κ3) is 46.0. The molecule has 0 aliphatic rings. The third-order valence-corrected chi connectivity index (χ3v) is 10.5. The van der Waals surface area contributed by atoms with Crippen molar-refractivity contribution in [2.45, 2.75) is 245 Å². The maximum Gasteiger partial charge on any atom is 0.306 e. The Balaban J connectivity index is 4.15. The summed E-state index contributed by atoms with van der Waals surface area (Å²) in [6, 6.07) is 0. The van der Waals surface area contributed by atoms with E-state index in [1.807, 2.05) is 12.2 Å². The molecule has 6 nitrogen and oxygen atoms in total. The zero-order valence-corrected chi connectivity index (χ0v) is 38.8. The van der Waals surface area contributed by atoms with Crippen LogP contribution in [0.1, 0.15) is 239 Å². The third-order valence-electron chi connectivity index (χ3n) is 10.5. The average molecular weight is 825 g/mol. The van der Waals surface area contributed by atoms with Crippen LogP contribution < -0.4 is 0 Å². The molecule has 0 aromatic carbocycles. The molecular weight excluding hydrogens is 733 g/mol. The maximum absolute atomic E-state index is 12.6. The quantitative estimate of drug-likeness (QED) is 0.0263. The van der Waals surface area contributed by atoms with Crippen LogP contribution in [0.15, 0.2) is 60.8 Å². The van der Waals surface area contributed by atoms with E-state index in [1.54, 1.807) is 0 Å². The second-order valence-electron chi connectivity index (χ2n) is 16.3. The van der Waals surface area contributed by atoms with Crippen LogP contribution in [0.2, 0.25) is 0 Å². The van der Waals surface area contributed by atoms with Gasteiger partial charge in [0.05, 0.1) is 0 Å². The van der Waals surface area contributed by atoms with E-state index in [2.05, 4.69) is 69.4 Å². The van der Waals surface area contributed by atoms with Crippen molar-refractivity contribution in [2.24, 2.45) is 0 Å². The van der Waals surface area contributed by atoms with Gasteiger partial charge in [-0.3, -0.25) is 14.4 Å². The molecule has 0 radical (unpaired) electrons. The molecule has 0 saturated heterocycles. The van der Waals surface area contributed by atoms with Gasteiger partial charge in [-0.2, -0.15) is 0 Å². The summed E-state index contributed by atoms with van der Waals surface area (Å²) < 4.78 is 16.5. The number of allylic oxidation sites excluding steroid dienone is 10. The van der Waals surface area contributed by atoms with Gasteiger partial charge in [-0.15, -0.1) is 0 Å². The van der Waals surface area contributed by atoms with E-state index in [0.717, 1.165) is 77.0 Å². The molecule has 0 heterocycles. The van der Waals surface area contributed by atoms with E-state index >= 15 is 0 Å². The van der Waals surface area contributed by atoms with Crippen molar-refractivity contribution in [1.82, 2.24) is 0 Å². The summed E-state index contributed by atoms with van der Waals surface area (Å²) >= 11 is 0. The molecule has 0 amide bonds. The van der Waals surface area contributed by atoms with E-state index in [9.17, 15) is 14.4 Å². The van der Waals surface area contributed by atoms with Crippen LogP contribution in [0.5, 0.6) is 0 Å². The minimum atomic E-state index is -0.806. The number of hydrogen-bond acceptors (Lipinski definition) is 6. The number of rotatable bonds is 44. The van der Waals surface area contributed by atoms with Gasteiger partial charge >= 0.3 is 17.9 Å². The molecule has 0 aliphatic carbocycles. The predicted molar refractivity (Wildman–Crippen MR) is 251 cm³/mol. The molecule has 340 valence electrons. The molecule has 0 aromatic rings. The van der Waals surface area contributed by atoms with Crippen molar-refractivity contribution < 1.29 is 28.6 Å². The minimum Gasteiger partial charge on any atom is -0.462 e. The Labute approximate surface area is 364 Å². The van der Waals surface area contributed by atoms with E-state index in [0.29, 0.717) is 19.3 Å². The Bertz CT molecular complexity index is 1090. The van der Waals surface area contributed by atoms with Gasteiger partial charge in [-0.1, -0.05) is 210 Å². The van der Waals surface area contributed by atoms with Crippen molar-refractivity contribution >= 4 is 17.9 Å². The van der Waals surface area contributed by atoms with E-state index in [-0.39, 0.29) is 31.6 Å². The summed E-state index contributed by atoms with van der Waals surface area (Å²) in [7, 11) is 0. The van der Waals surface area contributed by atoms with Gasteiger partial charge in [0.2, 0.25) is 0 Å². The first kappa shape index (κ1) is 56.1. The Morgan fingerprint density at radius 1 is 0.356 bits per heavy atom. The van der Waals surface area contributed by atoms with Gasteiger partial charge in [0.15, 0.2) is 6.10 Å². The van der Waals surface area contributed by atoms with Crippen molar-refractivity contribution in [1.29, 1.82) is 0 Å². The maximum atomic E-state index is 12.6. The van der Waals surface area contributed by atoms with Crippen LogP contribution in [0, 0.1) is 0 Å². The molecule has 0 spiro atoms. The number of hydrogen-bond donors (Lipinski definition) is 0. The fourth-order valence-electron chi connectivity index (χ4n) is 6.80. The molecule has 0 rings (SSSR count). The van der Waals surface area contributed by atoms with Gasteiger partial charge in [0.1, 0.15) is 13.2 Å². The highest BCUT2D eigenvalue weighted by molar-refractivity contribution is 5.71. The zero-order valence-electron chi connectivity index (χ0n) is 38.8. The van der Waals surface area contributed by atoms with Crippen molar-refractivity contribution in [2.75, 3.05) is 13.2 Å². The first-order chi connectivity index (χ1) is 29.0. The molecule has 1 unspecified atom stereocenters. The predicted octanol–water partition coefficient (Wildman–Crippen LogP) is 16.1. The van der Waals surface area contributed by atoms with Gasteiger partial charge in [0.25, 0.3) is 0 Å². The Morgan fingerprint density at radius 2 is 0.695 bits per heavy atom. The normalized spacial score (nSPS) is 12.5. The minimum absolute atomic E-state index is 0.103. The lowest BCUT2D eigenvalue weighted by Gasteiger charge is -2.18. The monoisotopic (exact) mass is 825 g/mol.